The molecule has 0 saturated carbocycles. The maximum atomic E-state index is 8.66. The predicted molar refractivity (Wildman–Crippen MR) is 51.5 cm³/mol. The quantitative estimate of drug-likeness (QED) is 0.447. The number of aliphatic imine (C=N–C) groups is 1. The van der Waals surface area contributed by atoms with Crippen molar-refractivity contribution in [3.8, 4) is 6.19 Å². The van der Waals surface area contributed by atoms with Crippen molar-refractivity contribution in [3.05, 3.63) is 11.8 Å². The van der Waals surface area contributed by atoms with Crippen LogP contribution in [0.25, 0.3) is 0 Å². The lowest BCUT2D eigenvalue weighted by atomic mass is 10.0. The highest BCUT2D eigenvalue weighted by Gasteiger charge is 2.20. The second kappa shape index (κ2) is 3.40. The third-order valence-corrected chi connectivity index (χ3v) is 1.94. The van der Waals surface area contributed by atoms with Crippen LogP contribution in [0.1, 0.15) is 13.8 Å². The van der Waals surface area contributed by atoms with Gasteiger partial charge in [-0.2, -0.15) is 5.26 Å². The van der Waals surface area contributed by atoms with Gasteiger partial charge in [0.05, 0.1) is 5.71 Å². The molecule has 0 aliphatic carbocycles. The molecule has 0 amide bonds. The van der Waals surface area contributed by atoms with Gasteiger partial charge in [-0.1, -0.05) is 13.0 Å². The van der Waals surface area contributed by atoms with Crippen molar-refractivity contribution in [2.75, 3.05) is 7.05 Å². The number of nitrogens with one attached hydrogen (secondary N) is 1. The van der Waals surface area contributed by atoms with Crippen LogP contribution in [0, 0.1) is 22.8 Å². The van der Waals surface area contributed by atoms with Gasteiger partial charge in [-0.25, -0.2) is 4.99 Å². The van der Waals surface area contributed by atoms with Crippen LogP contribution in [0.2, 0.25) is 0 Å². The zero-order chi connectivity index (χ0) is 10.0. The predicted octanol–water partition coefficient (Wildman–Crippen LogP) is 1.37. The molecule has 1 unspecified atom stereocenters. The molecule has 1 heterocycles. The topological polar surface area (TPSA) is 63.2 Å². The maximum absolute atomic E-state index is 8.66. The standard InChI is InChI=1S/C9H12N4/c1-6-4-7(2)12-9(8(6)11)13(3)5-10/h4,6,11H,1-3H3. The van der Waals surface area contributed by atoms with E-state index in [0.717, 1.165) is 5.70 Å². The number of hydrogen-bond acceptors (Lipinski definition) is 4. The average Bonchev–Trinajstić information content (AvgIpc) is 2.10. The molecule has 1 aliphatic rings. The largest absolute Gasteiger partial charge is 0.301 e. The van der Waals surface area contributed by atoms with Crippen molar-refractivity contribution in [2.45, 2.75) is 13.8 Å². The van der Waals surface area contributed by atoms with Crippen LogP contribution in [0.3, 0.4) is 0 Å². The molecule has 4 nitrogen and oxygen atoms in total. The van der Waals surface area contributed by atoms with Crippen LogP contribution in [-0.2, 0) is 0 Å². The van der Waals surface area contributed by atoms with E-state index in [2.05, 4.69) is 4.99 Å². The number of rotatable bonds is 0. The minimum Gasteiger partial charge on any atom is -0.301 e. The molecule has 1 N–H and O–H groups in total. The minimum atomic E-state index is 0.0447. The number of nitriles is 1. The molecule has 0 fully saturated rings. The monoisotopic (exact) mass is 176 g/mol. The molecule has 0 aromatic carbocycles. The molecule has 0 saturated heterocycles. The van der Waals surface area contributed by atoms with Gasteiger partial charge in [0.2, 0.25) is 0 Å². The maximum Gasteiger partial charge on any atom is 0.185 e. The summed E-state index contributed by atoms with van der Waals surface area (Å²) in [5.41, 5.74) is 1.26. The average molecular weight is 176 g/mol. The Labute approximate surface area is 77.7 Å². The summed E-state index contributed by atoms with van der Waals surface area (Å²) in [6.07, 6.45) is 3.85. The Balaban J connectivity index is 3.03. The Morgan fingerprint density at radius 3 is 2.85 bits per heavy atom. The van der Waals surface area contributed by atoms with Crippen molar-refractivity contribution in [2.24, 2.45) is 10.9 Å². The molecule has 4 heteroatoms. The Morgan fingerprint density at radius 2 is 2.31 bits per heavy atom. The van der Waals surface area contributed by atoms with E-state index in [9.17, 15) is 0 Å². The van der Waals surface area contributed by atoms with Crippen LogP contribution < -0.4 is 0 Å². The highest BCUT2D eigenvalue weighted by atomic mass is 15.2. The molecule has 1 aliphatic heterocycles. The lowest BCUT2D eigenvalue weighted by Gasteiger charge is -2.20. The van der Waals surface area contributed by atoms with Crippen LogP contribution in [-0.4, -0.2) is 23.5 Å². The van der Waals surface area contributed by atoms with Crippen molar-refractivity contribution >= 4 is 11.5 Å². The molecule has 0 spiro atoms. The van der Waals surface area contributed by atoms with Gasteiger partial charge in [0.1, 0.15) is 0 Å². The molecule has 0 bridgehead atoms. The van der Waals surface area contributed by atoms with Gasteiger partial charge in [0.25, 0.3) is 0 Å². The summed E-state index contributed by atoms with van der Waals surface area (Å²) in [4.78, 5) is 5.46. The van der Waals surface area contributed by atoms with E-state index in [0.29, 0.717) is 11.5 Å². The summed E-state index contributed by atoms with van der Waals surface area (Å²) in [6, 6.07) is 0. The highest BCUT2D eigenvalue weighted by molar-refractivity contribution is 6.42. The smallest absolute Gasteiger partial charge is 0.185 e. The lowest BCUT2D eigenvalue weighted by molar-refractivity contribution is 0.708. The molecular formula is C9H12N4. The van der Waals surface area contributed by atoms with E-state index in [1.54, 1.807) is 7.05 Å². The van der Waals surface area contributed by atoms with Gasteiger partial charge in [0.15, 0.2) is 12.0 Å². The van der Waals surface area contributed by atoms with Gasteiger partial charge >= 0.3 is 0 Å². The normalized spacial score (nSPS) is 21.7. The zero-order valence-corrected chi connectivity index (χ0v) is 8.00. The van der Waals surface area contributed by atoms with Gasteiger partial charge in [0, 0.05) is 18.7 Å². The molecule has 0 aromatic rings. The number of amidine groups is 1. The van der Waals surface area contributed by atoms with E-state index >= 15 is 0 Å². The first-order valence-corrected chi connectivity index (χ1v) is 4.05. The van der Waals surface area contributed by atoms with E-state index in [1.807, 2.05) is 26.1 Å². The van der Waals surface area contributed by atoms with Gasteiger partial charge in [-0.15, -0.1) is 0 Å². The first kappa shape index (κ1) is 9.46. The third-order valence-electron chi connectivity index (χ3n) is 1.94. The lowest BCUT2D eigenvalue weighted by Crippen LogP contribution is -2.34. The third kappa shape index (κ3) is 1.75. The molecule has 0 radical (unpaired) electrons. The fraction of sp³-hybridized carbons (Fsp3) is 0.444. The minimum absolute atomic E-state index is 0.0447. The summed E-state index contributed by atoms with van der Waals surface area (Å²) in [6.45, 7) is 3.79. The Hall–Kier alpha value is -1.63. The molecular weight excluding hydrogens is 164 g/mol. The van der Waals surface area contributed by atoms with Crippen LogP contribution >= 0.6 is 0 Å². The Morgan fingerprint density at radius 1 is 1.69 bits per heavy atom. The van der Waals surface area contributed by atoms with Gasteiger partial charge < -0.3 is 5.41 Å². The van der Waals surface area contributed by atoms with Crippen LogP contribution in [0.5, 0.6) is 0 Å². The second-order valence-corrected chi connectivity index (χ2v) is 3.10. The Kier molecular flexibility index (Phi) is 2.47. The van der Waals surface area contributed by atoms with Gasteiger partial charge in [-0.05, 0) is 6.92 Å². The molecule has 68 valence electrons. The highest BCUT2D eigenvalue weighted by Crippen LogP contribution is 2.14. The summed E-state index contributed by atoms with van der Waals surface area (Å²) in [5, 5.41) is 16.4. The molecule has 13 heavy (non-hydrogen) atoms. The molecule has 1 rings (SSSR count). The van der Waals surface area contributed by atoms with Crippen molar-refractivity contribution in [1.29, 1.82) is 10.7 Å². The van der Waals surface area contributed by atoms with Crippen molar-refractivity contribution in [1.82, 2.24) is 4.90 Å². The summed E-state index contributed by atoms with van der Waals surface area (Å²) in [5.74, 6) is 0.498. The zero-order valence-electron chi connectivity index (χ0n) is 8.00. The fourth-order valence-corrected chi connectivity index (χ4v) is 1.22. The first-order valence-electron chi connectivity index (χ1n) is 4.05. The number of allylic oxidation sites excluding steroid dienone is 2. The van der Waals surface area contributed by atoms with Gasteiger partial charge in [-0.3, -0.25) is 4.90 Å². The van der Waals surface area contributed by atoms with Crippen LogP contribution in [0.4, 0.5) is 0 Å². The first-order chi connectivity index (χ1) is 6.06. The van der Waals surface area contributed by atoms with Crippen molar-refractivity contribution in [3.63, 3.8) is 0 Å². The Bertz CT molecular complexity index is 332. The summed E-state index contributed by atoms with van der Waals surface area (Å²) >= 11 is 0. The second-order valence-electron chi connectivity index (χ2n) is 3.10. The van der Waals surface area contributed by atoms with E-state index < -0.39 is 0 Å². The van der Waals surface area contributed by atoms with Crippen molar-refractivity contribution < 1.29 is 0 Å². The number of nitrogens with zero attached hydrogens (tertiary/aromatic N) is 3. The fourth-order valence-electron chi connectivity index (χ4n) is 1.22. The van der Waals surface area contributed by atoms with Crippen LogP contribution in [0.15, 0.2) is 16.8 Å². The van der Waals surface area contributed by atoms with E-state index in [4.69, 9.17) is 10.7 Å². The summed E-state index contributed by atoms with van der Waals surface area (Å²) in [7, 11) is 1.61. The van der Waals surface area contributed by atoms with E-state index in [1.165, 1.54) is 4.90 Å². The molecule has 0 aromatic heterocycles. The SMILES string of the molecule is CC1=CC(C)C(=N)C(N(C)C#N)=N1. The number of hydrogen-bond donors (Lipinski definition) is 1. The molecule has 1 atom stereocenters. The van der Waals surface area contributed by atoms with E-state index in [-0.39, 0.29) is 5.92 Å². The summed E-state index contributed by atoms with van der Waals surface area (Å²) < 4.78 is 0.